The molecule has 0 radical (unpaired) electrons. The number of hydrogen-bond donors (Lipinski definition) is 3. The highest BCUT2D eigenvalue weighted by atomic mass is 35.5. The third-order valence-electron chi connectivity index (χ3n) is 7.85. The Kier molecular flexibility index (Phi) is 15.8. The van der Waals surface area contributed by atoms with Gasteiger partial charge in [0.2, 0.25) is 5.52 Å². The van der Waals surface area contributed by atoms with Crippen LogP contribution >= 0.6 is 46.3 Å². The van der Waals surface area contributed by atoms with Gasteiger partial charge in [0.1, 0.15) is 10.6 Å². The van der Waals surface area contributed by atoms with E-state index in [4.69, 9.17) is 37.8 Å². The number of likely N-dealkylation sites (N-methyl/N-ethyl adjacent to an activating group) is 1. The van der Waals surface area contributed by atoms with Crippen LogP contribution in [-0.2, 0) is 50.5 Å². The van der Waals surface area contributed by atoms with E-state index in [1.165, 1.54) is 34.8 Å². The minimum atomic E-state index is -4.45. The number of aliphatic hydroxyl groups is 1. The van der Waals surface area contributed by atoms with Crippen LogP contribution in [0, 0.1) is 5.41 Å². The first-order valence-electron chi connectivity index (χ1n) is 16.0. The fraction of sp³-hybridized carbons (Fsp3) is 0.324. The SMILES string of the molecule is CCOC(=O)C1(C(=O)OC)CC(=CC=C2Sc3ccc(Cl)cc3N2CS(=O)O[O-])C=C(C=Cc2sc3ccc(Cl)cc3[n+]2CS(=O)(=O)O)C1.CNCCO. The predicted molar refractivity (Wildman–Crippen MR) is 207 cm³/mol. The average Bonchev–Trinajstić information content (AvgIpc) is 3.64. The summed E-state index contributed by atoms with van der Waals surface area (Å²) >= 11 is 12.8. The topological polar surface area (TPSA) is 196 Å². The molecule has 14 nitrogen and oxygen atoms in total. The maximum absolute atomic E-state index is 13.5. The van der Waals surface area contributed by atoms with Gasteiger partial charge in [-0.05, 0) is 74.4 Å². The number of nitrogens with zero attached hydrogens (tertiary/aromatic N) is 2. The van der Waals surface area contributed by atoms with Crippen LogP contribution in [0.2, 0.25) is 10.0 Å². The lowest BCUT2D eigenvalue weighted by atomic mass is 9.71. The molecule has 3 aromatic rings. The van der Waals surface area contributed by atoms with Crippen molar-refractivity contribution in [2.45, 2.75) is 30.5 Å². The van der Waals surface area contributed by atoms with E-state index in [1.807, 2.05) is 0 Å². The van der Waals surface area contributed by atoms with Crippen molar-refractivity contribution in [3.05, 3.63) is 91.9 Å². The second-order valence-electron chi connectivity index (χ2n) is 11.6. The van der Waals surface area contributed by atoms with Gasteiger partial charge in [-0.2, -0.15) is 13.0 Å². The van der Waals surface area contributed by atoms with Gasteiger partial charge in [-0.25, -0.2) is 4.21 Å². The van der Waals surface area contributed by atoms with E-state index in [1.54, 1.807) is 85.6 Å². The summed E-state index contributed by atoms with van der Waals surface area (Å²) in [5.74, 6) is -2.59. The number of thiazole rings is 1. The summed E-state index contributed by atoms with van der Waals surface area (Å²) in [6, 6.07) is 10.1. The van der Waals surface area contributed by atoms with Crippen LogP contribution in [-0.4, -0.2) is 74.0 Å². The number of carbonyl (C=O) groups excluding carboxylic acids is 2. The van der Waals surface area contributed by atoms with Gasteiger partial charge in [0, 0.05) is 33.6 Å². The molecule has 3 N–H and O–H groups in total. The summed E-state index contributed by atoms with van der Waals surface area (Å²) in [7, 11) is -1.47. The van der Waals surface area contributed by atoms with Gasteiger partial charge in [-0.3, -0.25) is 14.1 Å². The van der Waals surface area contributed by atoms with Crippen molar-refractivity contribution < 1.29 is 55.5 Å². The summed E-state index contributed by atoms with van der Waals surface area (Å²) in [5.41, 5.74) is 0.392. The van der Waals surface area contributed by atoms with Crippen molar-refractivity contribution in [2.24, 2.45) is 5.41 Å². The number of aromatic nitrogens is 1. The minimum absolute atomic E-state index is 0.0148. The number of methoxy groups -OCH3 is 1. The number of rotatable bonds is 13. The van der Waals surface area contributed by atoms with E-state index in [-0.39, 0.29) is 31.9 Å². The van der Waals surface area contributed by atoms with E-state index in [0.717, 1.165) is 4.90 Å². The molecule has 0 fully saturated rings. The van der Waals surface area contributed by atoms with Crippen LogP contribution in [0.4, 0.5) is 5.69 Å². The Bertz CT molecular complexity index is 2140. The lowest BCUT2D eigenvalue weighted by Gasteiger charge is -2.32. The lowest BCUT2D eigenvalue weighted by molar-refractivity contribution is -0.649. The van der Waals surface area contributed by atoms with E-state index in [9.17, 15) is 32.0 Å². The minimum Gasteiger partial charge on any atom is -0.709 e. The molecule has 5 rings (SSSR count). The molecular weight excluding hydrogens is 826 g/mol. The first-order valence-corrected chi connectivity index (χ1v) is 21.2. The molecule has 1 aromatic heterocycles. The number of anilines is 1. The van der Waals surface area contributed by atoms with Crippen molar-refractivity contribution in [2.75, 3.05) is 44.7 Å². The molecule has 2 aromatic carbocycles. The van der Waals surface area contributed by atoms with Gasteiger partial charge in [0.05, 0.1) is 31.0 Å². The van der Waals surface area contributed by atoms with E-state index in [2.05, 4.69) is 9.65 Å². The van der Waals surface area contributed by atoms with Gasteiger partial charge >= 0.3 is 22.1 Å². The van der Waals surface area contributed by atoms with Crippen LogP contribution in [0.5, 0.6) is 0 Å². The normalized spacial score (nSPS) is 19.1. The Balaban J connectivity index is 0.00000122. The standard InChI is InChI=1S/C31H28Cl2N2O10S4.C3H9NO/c1-3-44-30(37)31(29(36)43-2)15-19(4-10-27-34(17-48(39)45-38)23-13-21(32)6-8-25(23)46-27)12-20(16-31)5-11-28-35(18-49(40,41)42)24-14-22(33)7-9-26(24)47-28;1-4-2-3-5/h4-14H,3,15-18H2,1-2H3,(H-,38,40,41,42);4-5H,2-3H2,1H3. The summed E-state index contributed by atoms with van der Waals surface area (Å²) < 4.78 is 62.0. The summed E-state index contributed by atoms with van der Waals surface area (Å²) in [5, 5.41) is 23.5. The van der Waals surface area contributed by atoms with Crippen LogP contribution in [0.25, 0.3) is 16.3 Å². The zero-order chi connectivity index (χ0) is 39.6. The highest BCUT2D eigenvalue weighted by Gasteiger charge is 2.50. The van der Waals surface area contributed by atoms with Crippen LogP contribution in [0.15, 0.2) is 81.8 Å². The maximum atomic E-state index is 13.5. The molecular formula is C34H37Cl2N3O11S4. The number of halogens is 2. The fourth-order valence-electron chi connectivity index (χ4n) is 5.57. The largest absolute Gasteiger partial charge is 0.709 e. The lowest BCUT2D eigenvalue weighted by Crippen LogP contribution is -2.43. The summed E-state index contributed by atoms with van der Waals surface area (Å²) in [4.78, 5) is 29.2. The Hall–Kier alpha value is -3.14. The molecule has 0 saturated heterocycles. The van der Waals surface area contributed by atoms with Crippen molar-refractivity contribution >= 4 is 101 Å². The quantitative estimate of drug-likeness (QED) is 0.0550. The predicted octanol–water partition coefficient (Wildman–Crippen LogP) is 4.29. The van der Waals surface area contributed by atoms with E-state index < -0.39 is 44.4 Å². The van der Waals surface area contributed by atoms with Gasteiger partial charge in [0.25, 0.3) is 10.9 Å². The first kappa shape index (κ1) is 43.6. The van der Waals surface area contributed by atoms with Gasteiger partial charge in [-0.1, -0.05) is 64.5 Å². The third kappa shape index (κ3) is 11.0. The number of thioether (sulfide) groups is 1. The van der Waals surface area contributed by atoms with Crippen LogP contribution < -0.4 is 20.0 Å². The van der Waals surface area contributed by atoms with Gasteiger partial charge < -0.3 is 34.4 Å². The van der Waals surface area contributed by atoms with Gasteiger partial charge in [-0.15, -0.1) is 0 Å². The van der Waals surface area contributed by atoms with Crippen molar-refractivity contribution in [1.29, 1.82) is 0 Å². The van der Waals surface area contributed by atoms with E-state index >= 15 is 0 Å². The summed E-state index contributed by atoms with van der Waals surface area (Å²) in [6.07, 6.45) is 8.25. The van der Waals surface area contributed by atoms with Crippen molar-refractivity contribution in [3.63, 3.8) is 0 Å². The molecule has 0 saturated carbocycles. The highest BCUT2D eigenvalue weighted by molar-refractivity contribution is 8.03. The molecule has 2 unspecified atom stereocenters. The van der Waals surface area contributed by atoms with Crippen molar-refractivity contribution in [3.8, 4) is 0 Å². The number of benzene rings is 2. The number of carbonyl (C=O) groups is 2. The molecule has 2 atom stereocenters. The van der Waals surface area contributed by atoms with Crippen LogP contribution in [0.3, 0.4) is 0 Å². The average molecular weight is 863 g/mol. The molecule has 1 aliphatic heterocycles. The number of esters is 2. The smallest absolute Gasteiger partial charge is 0.326 e. The fourth-order valence-corrected chi connectivity index (χ4v) is 9.29. The molecule has 20 heteroatoms. The molecule has 2 heterocycles. The monoisotopic (exact) mass is 861 g/mol. The Morgan fingerprint density at radius 1 is 1.13 bits per heavy atom. The number of allylic oxidation sites excluding steroid dienone is 6. The van der Waals surface area contributed by atoms with Gasteiger partial charge in [0.15, 0.2) is 16.5 Å². The highest BCUT2D eigenvalue weighted by Crippen LogP contribution is 2.48. The number of ether oxygens (including phenoxy) is 2. The third-order valence-corrected chi connectivity index (χ3v) is 11.8. The van der Waals surface area contributed by atoms with Crippen molar-refractivity contribution in [1.82, 2.24) is 5.32 Å². The Morgan fingerprint density at radius 3 is 2.48 bits per heavy atom. The second-order valence-corrected chi connectivity index (χ2v) is 17.0. The number of fused-ring (bicyclic) bond motifs is 2. The molecule has 54 heavy (non-hydrogen) atoms. The zero-order valence-corrected chi connectivity index (χ0v) is 33.9. The molecule has 292 valence electrons. The second kappa shape index (κ2) is 19.6. The first-order chi connectivity index (χ1) is 25.7. The molecule has 1 aliphatic carbocycles. The van der Waals surface area contributed by atoms with Crippen LogP contribution in [0.1, 0.15) is 24.8 Å². The Morgan fingerprint density at radius 2 is 1.85 bits per heavy atom. The molecule has 2 aliphatic rings. The Labute approximate surface area is 333 Å². The summed E-state index contributed by atoms with van der Waals surface area (Å²) in [6.45, 7) is 2.56. The van der Waals surface area contributed by atoms with E-state index in [0.29, 0.717) is 53.7 Å². The molecule has 0 amide bonds. The molecule has 0 bridgehead atoms. The number of nitrogens with one attached hydrogen (secondary N) is 1. The number of hydrogen-bond acceptors (Lipinski definition) is 14. The zero-order valence-electron chi connectivity index (χ0n) is 29.2. The maximum Gasteiger partial charge on any atom is 0.326 e. The molecule has 0 spiro atoms. The number of aliphatic hydroxyl groups excluding tert-OH is 1.